The molecule has 0 spiro atoms. The molecular weight excluding hydrogens is 232 g/mol. The van der Waals surface area contributed by atoms with Gasteiger partial charge in [-0.05, 0) is 25.0 Å². The maximum absolute atomic E-state index is 5.99. The summed E-state index contributed by atoms with van der Waals surface area (Å²) in [7, 11) is 0. The molecule has 0 atom stereocenters. The summed E-state index contributed by atoms with van der Waals surface area (Å²) in [6.45, 7) is 5.38. The van der Waals surface area contributed by atoms with E-state index in [0.717, 1.165) is 17.9 Å². The van der Waals surface area contributed by atoms with Crippen LogP contribution in [-0.4, -0.2) is 9.55 Å². The monoisotopic (exact) mass is 250 g/mol. The van der Waals surface area contributed by atoms with Gasteiger partial charge in [0.25, 0.3) is 0 Å². The van der Waals surface area contributed by atoms with Crippen LogP contribution in [0.3, 0.4) is 0 Å². The summed E-state index contributed by atoms with van der Waals surface area (Å²) in [5.41, 5.74) is 3.60. The van der Waals surface area contributed by atoms with Crippen LogP contribution in [0.4, 0.5) is 0 Å². The number of rotatable bonds is 5. The molecule has 1 aromatic heterocycles. The number of hydrogen-bond donors (Lipinski definition) is 0. The fourth-order valence-corrected chi connectivity index (χ4v) is 2.48. The first-order chi connectivity index (χ1) is 8.27. The minimum Gasteiger partial charge on any atom is -0.327 e. The number of benzene rings is 1. The number of unbranched alkanes of at least 4 members (excludes halogenated alkanes) is 2. The minimum atomic E-state index is 0.486. The molecule has 17 heavy (non-hydrogen) atoms. The van der Waals surface area contributed by atoms with Gasteiger partial charge in [-0.25, -0.2) is 4.98 Å². The van der Waals surface area contributed by atoms with Crippen molar-refractivity contribution in [1.82, 2.24) is 9.55 Å². The zero-order valence-corrected chi connectivity index (χ0v) is 11.3. The molecule has 1 aromatic carbocycles. The number of nitrogens with zero attached hydrogens (tertiary/aromatic N) is 2. The first kappa shape index (κ1) is 12.4. The lowest BCUT2D eigenvalue weighted by atomic mass is 10.2. The average molecular weight is 251 g/mol. The van der Waals surface area contributed by atoms with Gasteiger partial charge in [-0.3, -0.25) is 0 Å². The van der Waals surface area contributed by atoms with E-state index >= 15 is 0 Å². The molecule has 0 saturated carbocycles. The van der Waals surface area contributed by atoms with Gasteiger partial charge in [0.15, 0.2) is 0 Å². The van der Waals surface area contributed by atoms with E-state index in [0.29, 0.717) is 5.88 Å². The van der Waals surface area contributed by atoms with Crippen molar-refractivity contribution in [3.05, 3.63) is 29.6 Å². The fourth-order valence-electron chi connectivity index (χ4n) is 2.28. The van der Waals surface area contributed by atoms with E-state index in [1.165, 1.54) is 30.3 Å². The van der Waals surface area contributed by atoms with E-state index < -0.39 is 0 Å². The number of imidazole rings is 1. The second kappa shape index (κ2) is 5.54. The summed E-state index contributed by atoms with van der Waals surface area (Å²) < 4.78 is 2.29. The molecule has 0 amide bonds. The van der Waals surface area contributed by atoms with Gasteiger partial charge in [-0.2, -0.15) is 0 Å². The molecule has 0 N–H and O–H groups in total. The third kappa shape index (κ3) is 2.47. The number of fused-ring (bicyclic) bond motifs is 1. The molecule has 2 aromatic rings. The van der Waals surface area contributed by atoms with Crippen molar-refractivity contribution in [2.24, 2.45) is 0 Å². The Morgan fingerprint density at radius 3 is 2.82 bits per heavy atom. The molecule has 0 unspecified atom stereocenters. The summed E-state index contributed by atoms with van der Waals surface area (Å²) in [6, 6.07) is 6.26. The SMILES string of the molecule is CCCCCn1c(CCl)nc2cccc(C)c21. The van der Waals surface area contributed by atoms with Gasteiger partial charge in [-0.1, -0.05) is 31.9 Å². The van der Waals surface area contributed by atoms with Crippen molar-refractivity contribution in [2.45, 2.75) is 45.5 Å². The molecule has 2 nitrogen and oxygen atoms in total. The van der Waals surface area contributed by atoms with Crippen molar-refractivity contribution in [3.63, 3.8) is 0 Å². The topological polar surface area (TPSA) is 17.8 Å². The highest BCUT2D eigenvalue weighted by Crippen LogP contribution is 2.21. The Labute approximate surface area is 108 Å². The summed E-state index contributed by atoms with van der Waals surface area (Å²) in [5, 5.41) is 0. The molecule has 3 heteroatoms. The quantitative estimate of drug-likeness (QED) is 0.572. The molecule has 0 aliphatic rings. The highest BCUT2D eigenvalue weighted by molar-refractivity contribution is 6.16. The van der Waals surface area contributed by atoms with Crippen LogP contribution in [0.15, 0.2) is 18.2 Å². The Bertz CT molecular complexity index is 502. The molecule has 0 radical (unpaired) electrons. The zero-order chi connectivity index (χ0) is 12.3. The van der Waals surface area contributed by atoms with Gasteiger partial charge in [0, 0.05) is 6.54 Å². The maximum atomic E-state index is 5.99. The van der Waals surface area contributed by atoms with E-state index in [1.807, 2.05) is 0 Å². The lowest BCUT2D eigenvalue weighted by Gasteiger charge is -2.08. The molecule has 0 fully saturated rings. The molecule has 0 aliphatic carbocycles. The Hall–Kier alpha value is -1.02. The Morgan fingerprint density at radius 1 is 1.29 bits per heavy atom. The number of para-hydroxylation sites is 1. The molecule has 2 rings (SSSR count). The van der Waals surface area contributed by atoms with Gasteiger partial charge in [0.2, 0.25) is 0 Å². The second-order valence-electron chi connectivity index (χ2n) is 4.46. The first-order valence-corrected chi connectivity index (χ1v) is 6.82. The van der Waals surface area contributed by atoms with Crippen LogP contribution < -0.4 is 0 Å². The third-order valence-corrected chi connectivity index (χ3v) is 3.39. The Balaban J connectivity index is 2.42. The van der Waals surface area contributed by atoms with Crippen molar-refractivity contribution in [2.75, 3.05) is 0 Å². The molecule has 0 aliphatic heterocycles. The lowest BCUT2D eigenvalue weighted by Crippen LogP contribution is -2.03. The highest BCUT2D eigenvalue weighted by Gasteiger charge is 2.10. The van der Waals surface area contributed by atoms with Crippen LogP contribution in [0.1, 0.15) is 37.6 Å². The van der Waals surface area contributed by atoms with Crippen LogP contribution >= 0.6 is 11.6 Å². The van der Waals surface area contributed by atoms with Crippen LogP contribution in [-0.2, 0) is 12.4 Å². The van der Waals surface area contributed by atoms with E-state index in [-0.39, 0.29) is 0 Å². The number of alkyl halides is 1. The number of aromatic nitrogens is 2. The lowest BCUT2D eigenvalue weighted by molar-refractivity contribution is 0.599. The van der Waals surface area contributed by atoms with Gasteiger partial charge >= 0.3 is 0 Å². The van der Waals surface area contributed by atoms with Crippen molar-refractivity contribution in [3.8, 4) is 0 Å². The van der Waals surface area contributed by atoms with Crippen LogP contribution in [0.2, 0.25) is 0 Å². The second-order valence-corrected chi connectivity index (χ2v) is 4.73. The summed E-state index contributed by atoms with van der Waals surface area (Å²) >= 11 is 5.99. The standard InChI is InChI=1S/C14H19ClN2/c1-3-4-5-9-17-13(10-15)16-12-8-6-7-11(2)14(12)17/h6-8H,3-5,9-10H2,1-2H3. The average Bonchev–Trinajstić information content (AvgIpc) is 2.69. The smallest absolute Gasteiger partial charge is 0.124 e. The van der Waals surface area contributed by atoms with Crippen molar-refractivity contribution >= 4 is 22.6 Å². The molecule has 1 heterocycles. The number of halogens is 1. The largest absolute Gasteiger partial charge is 0.327 e. The summed E-state index contributed by atoms with van der Waals surface area (Å²) in [6.07, 6.45) is 3.69. The van der Waals surface area contributed by atoms with E-state index in [1.54, 1.807) is 0 Å². The van der Waals surface area contributed by atoms with E-state index in [4.69, 9.17) is 11.6 Å². The van der Waals surface area contributed by atoms with Crippen LogP contribution in [0, 0.1) is 6.92 Å². The van der Waals surface area contributed by atoms with Gasteiger partial charge in [0.05, 0.1) is 16.9 Å². The normalized spacial score (nSPS) is 11.2. The maximum Gasteiger partial charge on any atom is 0.124 e. The molecular formula is C14H19ClN2. The molecule has 0 bridgehead atoms. The summed E-state index contributed by atoms with van der Waals surface area (Å²) in [4.78, 5) is 4.60. The number of aryl methyl sites for hydroxylation is 2. The van der Waals surface area contributed by atoms with Gasteiger partial charge < -0.3 is 4.57 Å². The third-order valence-electron chi connectivity index (χ3n) is 3.15. The minimum absolute atomic E-state index is 0.486. The van der Waals surface area contributed by atoms with Crippen molar-refractivity contribution in [1.29, 1.82) is 0 Å². The zero-order valence-electron chi connectivity index (χ0n) is 10.5. The first-order valence-electron chi connectivity index (χ1n) is 6.28. The Kier molecular flexibility index (Phi) is 4.06. The van der Waals surface area contributed by atoms with Gasteiger partial charge in [0.1, 0.15) is 5.82 Å². The molecule has 0 saturated heterocycles. The van der Waals surface area contributed by atoms with Crippen LogP contribution in [0.25, 0.3) is 11.0 Å². The van der Waals surface area contributed by atoms with E-state index in [2.05, 4.69) is 41.6 Å². The number of hydrogen-bond acceptors (Lipinski definition) is 1. The summed E-state index contributed by atoms with van der Waals surface area (Å²) in [5.74, 6) is 1.48. The van der Waals surface area contributed by atoms with Crippen molar-refractivity contribution < 1.29 is 0 Å². The van der Waals surface area contributed by atoms with Gasteiger partial charge in [-0.15, -0.1) is 11.6 Å². The Morgan fingerprint density at radius 2 is 2.12 bits per heavy atom. The highest BCUT2D eigenvalue weighted by atomic mass is 35.5. The van der Waals surface area contributed by atoms with Crippen LogP contribution in [0.5, 0.6) is 0 Å². The molecule has 92 valence electrons. The van der Waals surface area contributed by atoms with E-state index in [9.17, 15) is 0 Å². The predicted molar refractivity (Wildman–Crippen MR) is 73.6 cm³/mol. The predicted octanol–water partition coefficient (Wildman–Crippen LogP) is 4.27. The fraction of sp³-hybridized carbons (Fsp3) is 0.500.